The van der Waals surface area contributed by atoms with Crippen molar-refractivity contribution in [1.29, 1.82) is 0 Å². The highest BCUT2D eigenvalue weighted by molar-refractivity contribution is 5.92. The molecule has 0 spiro atoms. The Morgan fingerprint density at radius 2 is 2.13 bits per heavy atom. The number of rotatable bonds is 3. The molecule has 4 heteroatoms. The van der Waals surface area contributed by atoms with Gasteiger partial charge in [-0.2, -0.15) is 0 Å². The van der Waals surface area contributed by atoms with Crippen molar-refractivity contribution in [2.45, 2.75) is 46.0 Å². The Kier molecular flexibility index (Phi) is 4.51. The van der Waals surface area contributed by atoms with Crippen LogP contribution < -0.4 is 0 Å². The number of aromatic nitrogens is 1. The summed E-state index contributed by atoms with van der Waals surface area (Å²) in [6.45, 7) is 7.52. The second kappa shape index (κ2) is 6.57. The van der Waals surface area contributed by atoms with Gasteiger partial charge in [0.25, 0.3) is 5.91 Å². The van der Waals surface area contributed by atoms with Gasteiger partial charge in [-0.25, -0.2) is 4.98 Å². The topological polar surface area (TPSA) is 46.3 Å². The maximum Gasteiger partial charge on any atom is 0.291 e. The van der Waals surface area contributed by atoms with Gasteiger partial charge in [0.2, 0.25) is 5.76 Å². The molecule has 2 aromatic rings. The first kappa shape index (κ1) is 15.8. The average molecular weight is 312 g/mol. The largest absolute Gasteiger partial charge is 0.435 e. The van der Waals surface area contributed by atoms with Gasteiger partial charge in [0.05, 0.1) is 5.69 Å². The van der Waals surface area contributed by atoms with Crippen molar-refractivity contribution in [3.05, 3.63) is 52.7 Å². The molecule has 1 fully saturated rings. The van der Waals surface area contributed by atoms with Crippen molar-refractivity contribution in [3.8, 4) is 0 Å². The average Bonchev–Trinajstić information content (AvgIpc) is 2.96. The van der Waals surface area contributed by atoms with Crippen molar-refractivity contribution in [1.82, 2.24) is 9.88 Å². The van der Waals surface area contributed by atoms with Crippen LogP contribution in [0.2, 0.25) is 0 Å². The number of aryl methyl sites for hydroxylation is 3. The van der Waals surface area contributed by atoms with Crippen LogP contribution in [0.25, 0.3) is 0 Å². The molecule has 1 aromatic heterocycles. The van der Waals surface area contributed by atoms with E-state index in [0.717, 1.165) is 25.9 Å². The van der Waals surface area contributed by atoms with Gasteiger partial charge < -0.3 is 9.32 Å². The van der Waals surface area contributed by atoms with Crippen molar-refractivity contribution >= 4 is 5.91 Å². The molecule has 3 rings (SSSR count). The lowest BCUT2D eigenvalue weighted by Crippen LogP contribution is -2.39. The van der Waals surface area contributed by atoms with E-state index in [9.17, 15) is 4.79 Å². The smallest absolute Gasteiger partial charge is 0.291 e. The molecule has 1 aliphatic rings. The molecular formula is C19H24N2O2. The number of carbonyl (C=O) groups excluding carboxylic acids is 1. The number of nitrogens with zero attached hydrogens (tertiary/aromatic N) is 2. The molecule has 122 valence electrons. The zero-order valence-corrected chi connectivity index (χ0v) is 14.1. The molecule has 0 bridgehead atoms. The van der Waals surface area contributed by atoms with Crippen LogP contribution in [0.3, 0.4) is 0 Å². The van der Waals surface area contributed by atoms with E-state index in [1.165, 1.54) is 11.1 Å². The SMILES string of the molecule is CCc1nc(C)c(C(=O)N2CCCC(c3ccccc3C)C2)o1. The Bertz CT molecular complexity index is 705. The molecule has 0 N–H and O–H groups in total. The van der Waals surface area contributed by atoms with Crippen LogP contribution in [0.5, 0.6) is 0 Å². The van der Waals surface area contributed by atoms with E-state index in [0.29, 0.717) is 29.7 Å². The van der Waals surface area contributed by atoms with Crippen LogP contribution in [-0.2, 0) is 6.42 Å². The fraction of sp³-hybridized carbons (Fsp3) is 0.474. The fourth-order valence-electron chi connectivity index (χ4n) is 3.41. The van der Waals surface area contributed by atoms with Crippen LogP contribution in [-0.4, -0.2) is 28.9 Å². The predicted octanol–water partition coefficient (Wildman–Crippen LogP) is 3.87. The van der Waals surface area contributed by atoms with E-state index < -0.39 is 0 Å². The number of piperidine rings is 1. The zero-order chi connectivity index (χ0) is 16.4. The molecule has 1 aromatic carbocycles. The van der Waals surface area contributed by atoms with Gasteiger partial charge in [-0.1, -0.05) is 31.2 Å². The normalized spacial score (nSPS) is 18.2. The number of carbonyl (C=O) groups is 1. The van der Waals surface area contributed by atoms with Gasteiger partial charge in [-0.15, -0.1) is 0 Å². The summed E-state index contributed by atoms with van der Waals surface area (Å²) < 4.78 is 5.64. The monoisotopic (exact) mass is 312 g/mol. The minimum atomic E-state index is -0.0204. The fourth-order valence-corrected chi connectivity index (χ4v) is 3.41. The van der Waals surface area contributed by atoms with Gasteiger partial charge in [0.1, 0.15) is 0 Å². The van der Waals surface area contributed by atoms with Crippen LogP contribution in [0, 0.1) is 13.8 Å². The number of likely N-dealkylation sites (tertiary alicyclic amines) is 1. The van der Waals surface area contributed by atoms with E-state index in [4.69, 9.17) is 4.42 Å². The van der Waals surface area contributed by atoms with Gasteiger partial charge in [0.15, 0.2) is 5.89 Å². The lowest BCUT2D eigenvalue weighted by molar-refractivity contribution is 0.0672. The first-order valence-corrected chi connectivity index (χ1v) is 8.41. The highest BCUT2D eigenvalue weighted by Crippen LogP contribution is 2.30. The molecule has 2 heterocycles. The Balaban J connectivity index is 1.79. The molecule has 1 unspecified atom stereocenters. The first-order valence-electron chi connectivity index (χ1n) is 8.41. The summed E-state index contributed by atoms with van der Waals surface area (Å²) >= 11 is 0. The summed E-state index contributed by atoms with van der Waals surface area (Å²) in [7, 11) is 0. The van der Waals surface area contributed by atoms with Crippen molar-refractivity contribution in [2.75, 3.05) is 13.1 Å². The second-order valence-corrected chi connectivity index (χ2v) is 6.32. The summed E-state index contributed by atoms with van der Waals surface area (Å²) in [5.74, 6) is 1.43. The lowest BCUT2D eigenvalue weighted by Gasteiger charge is -2.33. The van der Waals surface area contributed by atoms with Crippen LogP contribution in [0.4, 0.5) is 0 Å². The minimum absolute atomic E-state index is 0.0204. The number of amides is 1. The summed E-state index contributed by atoms with van der Waals surface area (Å²) in [5, 5.41) is 0. The Morgan fingerprint density at radius 3 is 2.83 bits per heavy atom. The molecular weight excluding hydrogens is 288 g/mol. The van der Waals surface area contributed by atoms with Crippen LogP contribution >= 0.6 is 0 Å². The molecule has 0 aliphatic carbocycles. The number of hydrogen-bond donors (Lipinski definition) is 0. The maximum atomic E-state index is 12.8. The summed E-state index contributed by atoms with van der Waals surface area (Å²) in [6, 6.07) is 8.47. The quantitative estimate of drug-likeness (QED) is 0.864. The molecule has 1 atom stereocenters. The molecule has 1 aliphatic heterocycles. The minimum Gasteiger partial charge on any atom is -0.435 e. The lowest BCUT2D eigenvalue weighted by atomic mass is 9.88. The predicted molar refractivity (Wildman–Crippen MR) is 89.7 cm³/mol. The number of benzene rings is 1. The molecule has 23 heavy (non-hydrogen) atoms. The first-order chi connectivity index (χ1) is 11.1. The Morgan fingerprint density at radius 1 is 1.35 bits per heavy atom. The van der Waals surface area contributed by atoms with E-state index in [2.05, 4.69) is 36.2 Å². The van der Waals surface area contributed by atoms with Crippen molar-refractivity contribution < 1.29 is 9.21 Å². The molecule has 1 amide bonds. The van der Waals surface area contributed by atoms with Crippen LogP contribution in [0.15, 0.2) is 28.7 Å². The zero-order valence-electron chi connectivity index (χ0n) is 14.1. The van der Waals surface area contributed by atoms with Gasteiger partial charge in [-0.05, 0) is 37.8 Å². The maximum absolute atomic E-state index is 12.8. The molecule has 0 saturated carbocycles. The highest BCUT2D eigenvalue weighted by Gasteiger charge is 2.29. The van der Waals surface area contributed by atoms with Gasteiger partial charge >= 0.3 is 0 Å². The van der Waals surface area contributed by atoms with Crippen LogP contribution in [0.1, 0.15) is 58.9 Å². The van der Waals surface area contributed by atoms with E-state index in [1.54, 1.807) is 0 Å². The second-order valence-electron chi connectivity index (χ2n) is 6.32. The Labute approximate surface area is 137 Å². The van der Waals surface area contributed by atoms with Gasteiger partial charge in [-0.3, -0.25) is 4.79 Å². The summed E-state index contributed by atoms with van der Waals surface area (Å²) in [5.41, 5.74) is 3.36. The summed E-state index contributed by atoms with van der Waals surface area (Å²) in [4.78, 5) is 19.1. The third kappa shape index (κ3) is 3.16. The van der Waals surface area contributed by atoms with E-state index in [1.807, 2.05) is 18.7 Å². The molecule has 4 nitrogen and oxygen atoms in total. The third-order valence-electron chi connectivity index (χ3n) is 4.67. The standard InChI is InChI=1S/C19H24N2O2/c1-4-17-20-14(3)18(23-17)19(22)21-11-7-9-15(12-21)16-10-6-5-8-13(16)2/h5-6,8,10,15H,4,7,9,11-12H2,1-3H3. The van der Waals surface area contributed by atoms with Gasteiger partial charge in [0, 0.05) is 25.4 Å². The van der Waals surface area contributed by atoms with Crippen molar-refractivity contribution in [2.24, 2.45) is 0 Å². The third-order valence-corrected chi connectivity index (χ3v) is 4.67. The van der Waals surface area contributed by atoms with Crippen molar-refractivity contribution in [3.63, 3.8) is 0 Å². The number of oxazole rings is 1. The summed E-state index contributed by atoms with van der Waals surface area (Å²) in [6.07, 6.45) is 2.86. The van der Waals surface area contributed by atoms with E-state index >= 15 is 0 Å². The van der Waals surface area contributed by atoms with E-state index in [-0.39, 0.29) is 5.91 Å². The molecule has 1 saturated heterocycles. The Hall–Kier alpha value is -2.10. The number of hydrogen-bond acceptors (Lipinski definition) is 3. The highest BCUT2D eigenvalue weighted by atomic mass is 16.4. The molecule has 0 radical (unpaired) electrons.